The minimum absolute atomic E-state index is 0.0607. The summed E-state index contributed by atoms with van der Waals surface area (Å²) < 4.78 is 0. The van der Waals surface area contributed by atoms with Crippen molar-refractivity contribution in [2.75, 3.05) is 5.32 Å². The number of fused-ring (bicyclic) bond motifs is 2. The van der Waals surface area contributed by atoms with Crippen LogP contribution in [0.15, 0.2) is 79.3 Å². The molecular formula is C27H21N7O. The number of rotatable bonds is 5. The van der Waals surface area contributed by atoms with E-state index in [1.165, 1.54) is 0 Å². The van der Waals surface area contributed by atoms with Gasteiger partial charge in [0, 0.05) is 35.5 Å². The van der Waals surface area contributed by atoms with Gasteiger partial charge in [-0.05, 0) is 23.8 Å². The fourth-order valence-corrected chi connectivity index (χ4v) is 4.15. The second-order valence-electron chi connectivity index (χ2n) is 8.21. The van der Waals surface area contributed by atoms with Crippen molar-refractivity contribution in [1.29, 1.82) is 0 Å². The predicted molar refractivity (Wildman–Crippen MR) is 137 cm³/mol. The first kappa shape index (κ1) is 20.7. The Bertz CT molecular complexity index is 1680. The average molecular weight is 460 g/mol. The van der Waals surface area contributed by atoms with E-state index >= 15 is 0 Å². The average Bonchev–Trinajstić information content (AvgIpc) is 3.53. The summed E-state index contributed by atoms with van der Waals surface area (Å²) in [5.41, 5.74) is 7.71. The van der Waals surface area contributed by atoms with Gasteiger partial charge < -0.3 is 10.3 Å². The van der Waals surface area contributed by atoms with E-state index in [1.807, 2.05) is 49.4 Å². The van der Waals surface area contributed by atoms with Gasteiger partial charge in [0.1, 0.15) is 5.69 Å². The summed E-state index contributed by atoms with van der Waals surface area (Å²) in [6.45, 7) is 1.81. The van der Waals surface area contributed by atoms with E-state index in [2.05, 4.69) is 48.7 Å². The van der Waals surface area contributed by atoms with Gasteiger partial charge in [0.2, 0.25) is 5.91 Å². The first-order valence-corrected chi connectivity index (χ1v) is 11.3. The van der Waals surface area contributed by atoms with Crippen LogP contribution in [0.4, 0.5) is 5.69 Å². The van der Waals surface area contributed by atoms with E-state index in [0.29, 0.717) is 23.6 Å². The normalized spacial score (nSPS) is 11.2. The molecule has 4 aromatic heterocycles. The third-order valence-electron chi connectivity index (χ3n) is 5.92. The number of H-pyrrole nitrogens is 2. The first-order valence-electron chi connectivity index (χ1n) is 11.3. The molecule has 0 saturated carbocycles. The van der Waals surface area contributed by atoms with E-state index < -0.39 is 0 Å². The number of imidazole rings is 1. The maximum atomic E-state index is 11.8. The second kappa shape index (κ2) is 8.49. The zero-order chi connectivity index (χ0) is 23.8. The third-order valence-corrected chi connectivity index (χ3v) is 5.92. The highest BCUT2D eigenvalue weighted by molar-refractivity contribution is 5.97. The van der Waals surface area contributed by atoms with Crippen LogP contribution in [0, 0.1) is 0 Å². The smallest absolute Gasteiger partial charge is 0.224 e. The molecule has 0 aliphatic rings. The Morgan fingerprint density at radius 2 is 1.80 bits per heavy atom. The molecule has 35 heavy (non-hydrogen) atoms. The van der Waals surface area contributed by atoms with Crippen molar-refractivity contribution in [1.82, 2.24) is 30.1 Å². The number of aromatic amines is 2. The summed E-state index contributed by atoms with van der Waals surface area (Å²) in [4.78, 5) is 28.9. The quantitative estimate of drug-likeness (QED) is 0.312. The Morgan fingerprint density at radius 3 is 2.66 bits per heavy atom. The molecule has 6 aromatic rings. The molecule has 0 radical (unpaired) electrons. The number of hydrogen-bond donors (Lipinski definition) is 3. The number of carbonyl (C=O) groups is 1. The highest BCUT2D eigenvalue weighted by Crippen LogP contribution is 2.32. The van der Waals surface area contributed by atoms with Gasteiger partial charge in [-0.25, -0.2) is 9.97 Å². The van der Waals surface area contributed by atoms with Crippen molar-refractivity contribution in [3.63, 3.8) is 0 Å². The third kappa shape index (κ3) is 3.80. The van der Waals surface area contributed by atoms with Gasteiger partial charge in [0.25, 0.3) is 0 Å². The van der Waals surface area contributed by atoms with E-state index in [4.69, 9.17) is 4.98 Å². The molecule has 0 saturated heterocycles. The highest BCUT2D eigenvalue weighted by atomic mass is 16.1. The molecule has 0 fully saturated rings. The number of nitrogens with zero attached hydrogens (tertiary/aromatic N) is 4. The molecule has 3 N–H and O–H groups in total. The Hall–Kier alpha value is -4.85. The number of carbonyl (C=O) groups excluding carboxylic acids is 1. The van der Waals surface area contributed by atoms with Gasteiger partial charge in [0.05, 0.1) is 28.3 Å². The van der Waals surface area contributed by atoms with Crippen molar-refractivity contribution < 1.29 is 4.79 Å². The van der Waals surface area contributed by atoms with Crippen LogP contribution in [0.2, 0.25) is 0 Å². The maximum Gasteiger partial charge on any atom is 0.224 e. The van der Waals surface area contributed by atoms with E-state index in [9.17, 15) is 4.79 Å². The molecule has 0 atom stereocenters. The number of benzene rings is 2. The Kier molecular flexibility index (Phi) is 5.03. The second-order valence-corrected chi connectivity index (χ2v) is 8.21. The maximum absolute atomic E-state index is 11.8. The molecule has 0 aliphatic heterocycles. The monoisotopic (exact) mass is 459 g/mol. The molecule has 0 bridgehead atoms. The lowest BCUT2D eigenvalue weighted by Crippen LogP contribution is -2.09. The molecule has 1 amide bonds. The van der Waals surface area contributed by atoms with Crippen LogP contribution in [0.5, 0.6) is 0 Å². The van der Waals surface area contributed by atoms with Gasteiger partial charge in [-0.1, -0.05) is 49.4 Å². The molecule has 0 spiro atoms. The molecule has 0 aliphatic carbocycles. The lowest BCUT2D eigenvalue weighted by atomic mass is 10.0. The summed E-state index contributed by atoms with van der Waals surface area (Å²) in [5.74, 6) is 0.626. The largest absolute Gasteiger partial charge is 0.337 e. The lowest BCUT2D eigenvalue weighted by Gasteiger charge is -2.06. The molecular weight excluding hydrogens is 438 g/mol. The summed E-state index contributed by atoms with van der Waals surface area (Å²) in [5, 5.41) is 11.2. The Morgan fingerprint density at radius 1 is 0.943 bits per heavy atom. The number of hydrogen-bond acceptors (Lipinski definition) is 5. The summed E-state index contributed by atoms with van der Waals surface area (Å²) in [6.07, 6.45) is 5.53. The molecule has 8 heteroatoms. The van der Waals surface area contributed by atoms with Crippen LogP contribution >= 0.6 is 0 Å². The topological polar surface area (TPSA) is 112 Å². The number of anilines is 1. The molecule has 8 nitrogen and oxygen atoms in total. The van der Waals surface area contributed by atoms with Gasteiger partial charge in [-0.3, -0.25) is 14.9 Å². The zero-order valence-electron chi connectivity index (χ0n) is 18.9. The number of amides is 1. The van der Waals surface area contributed by atoms with Crippen LogP contribution < -0.4 is 5.32 Å². The molecule has 170 valence electrons. The van der Waals surface area contributed by atoms with Gasteiger partial charge in [0.15, 0.2) is 11.5 Å². The van der Waals surface area contributed by atoms with Crippen molar-refractivity contribution >= 4 is 33.7 Å². The van der Waals surface area contributed by atoms with Crippen molar-refractivity contribution in [3.8, 4) is 33.8 Å². The van der Waals surface area contributed by atoms with E-state index in [-0.39, 0.29) is 5.91 Å². The van der Waals surface area contributed by atoms with Crippen molar-refractivity contribution in [2.24, 2.45) is 0 Å². The fourth-order valence-electron chi connectivity index (χ4n) is 4.15. The number of pyridine rings is 2. The Labute approximate surface area is 200 Å². The van der Waals surface area contributed by atoms with Crippen LogP contribution in [-0.4, -0.2) is 36.0 Å². The Balaban J connectivity index is 1.43. The number of nitrogens with one attached hydrogen (secondary N) is 3. The molecule has 6 rings (SSSR count). The highest BCUT2D eigenvalue weighted by Gasteiger charge is 2.16. The fraction of sp³-hybridized carbons (Fsp3) is 0.0741. The van der Waals surface area contributed by atoms with Gasteiger partial charge in [-0.2, -0.15) is 5.10 Å². The number of aromatic nitrogens is 6. The first-order chi connectivity index (χ1) is 17.2. The van der Waals surface area contributed by atoms with Gasteiger partial charge in [-0.15, -0.1) is 0 Å². The van der Waals surface area contributed by atoms with Crippen LogP contribution in [0.1, 0.15) is 13.3 Å². The van der Waals surface area contributed by atoms with Crippen molar-refractivity contribution in [2.45, 2.75) is 13.3 Å². The minimum Gasteiger partial charge on any atom is -0.337 e. The van der Waals surface area contributed by atoms with Crippen LogP contribution in [0.25, 0.3) is 55.8 Å². The van der Waals surface area contributed by atoms with Crippen LogP contribution in [0.3, 0.4) is 0 Å². The van der Waals surface area contributed by atoms with Crippen molar-refractivity contribution in [3.05, 3.63) is 79.3 Å². The molecule has 2 aromatic carbocycles. The predicted octanol–water partition coefficient (Wildman–Crippen LogP) is 5.58. The van der Waals surface area contributed by atoms with Crippen LogP contribution in [-0.2, 0) is 4.79 Å². The summed E-state index contributed by atoms with van der Waals surface area (Å²) in [7, 11) is 0. The van der Waals surface area contributed by atoms with E-state index in [1.54, 1.807) is 18.6 Å². The van der Waals surface area contributed by atoms with E-state index in [0.717, 1.165) is 44.4 Å². The molecule has 0 unspecified atom stereocenters. The summed E-state index contributed by atoms with van der Waals surface area (Å²) in [6, 6.07) is 20.2. The minimum atomic E-state index is -0.0607. The SMILES string of the molecule is CCC(=O)Nc1cncc(-c2cnc3n[nH]c(-c4nc5c(-c6ccccc6)cccc5[nH]4)c3c2)c1. The molecule has 4 heterocycles. The lowest BCUT2D eigenvalue weighted by molar-refractivity contribution is -0.115. The van der Waals surface area contributed by atoms with Gasteiger partial charge >= 0.3 is 0 Å². The zero-order valence-corrected chi connectivity index (χ0v) is 18.9. The standard InChI is InChI=1S/C27H21N7O/c1-2-23(35)30-19-11-17(13-28-15-19)18-12-21-25(33-34-26(21)29-14-18)27-31-22-10-6-9-20(24(22)32-27)16-7-4-3-5-8-16/h3-15H,2H2,1H3,(H,30,35)(H,31,32)(H,29,33,34). The summed E-state index contributed by atoms with van der Waals surface area (Å²) >= 11 is 0. The number of para-hydroxylation sites is 1.